The third-order valence-corrected chi connectivity index (χ3v) is 5.77. The number of hydrazone groups is 1. The van der Waals surface area contributed by atoms with Gasteiger partial charge in [0, 0.05) is 28.6 Å². The van der Waals surface area contributed by atoms with Gasteiger partial charge in [0.15, 0.2) is 17.3 Å². The van der Waals surface area contributed by atoms with Gasteiger partial charge in [0.05, 0.1) is 13.2 Å². The zero-order chi connectivity index (χ0) is 22.9. The summed E-state index contributed by atoms with van der Waals surface area (Å²) in [7, 11) is 1.45. The Morgan fingerprint density at radius 2 is 1.94 bits per heavy atom. The molecule has 1 atom stereocenters. The van der Waals surface area contributed by atoms with Crippen LogP contribution in [-0.2, 0) is 0 Å². The van der Waals surface area contributed by atoms with Crippen molar-refractivity contribution < 1.29 is 19.1 Å². The molecular formula is C25H20ClN3O4. The smallest absolute Gasteiger partial charge is 0.342 e. The summed E-state index contributed by atoms with van der Waals surface area (Å²) >= 11 is 6.07. The number of phenols is 1. The summed E-state index contributed by atoms with van der Waals surface area (Å²) < 4.78 is 11.1. The van der Waals surface area contributed by atoms with Gasteiger partial charge in [-0.05, 0) is 42.0 Å². The highest BCUT2D eigenvalue weighted by Crippen LogP contribution is 2.36. The lowest BCUT2D eigenvalue weighted by Crippen LogP contribution is -2.31. The second-order valence-corrected chi connectivity index (χ2v) is 8.06. The van der Waals surface area contributed by atoms with Crippen molar-refractivity contribution in [3.8, 4) is 11.5 Å². The molecule has 33 heavy (non-hydrogen) atoms. The van der Waals surface area contributed by atoms with Gasteiger partial charge in [0.25, 0.3) is 0 Å². The van der Waals surface area contributed by atoms with Crippen LogP contribution in [0.3, 0.4) is 0 Å². The van der Waals surface area contributed by atoms with Crippen LogP contribution in [0.1, 0.15) is 23.8 Å². The van der Waals surface area contributed by atoms with E-state index >= 15 is 0 Å². The maximum atomic E-state index is 13.2. The largest absolute Gasteiger partial charge is 0.504 e. The fourth-order valence-electron chi connectivity index (χ4n) is 3.85. The molecule has 5 rings (SSSR count). The van der Waals surface area contributed by atoms with Crippen molar-refractivity contribution in [2.45, 2.75) is 12.5 Å². The molecule has 0 aliphatic carbocycles. The zero-order valence-corrected chi connectivity index (χ0v) is 18.4. The summed E-state index contributed by atoms with van der Waals surface area (Å²) in [5.74, 6) is 0.868. The fraction of sp³-hybridized carbons (Fsp3) is 0.120. The molecule has 166 valence electrons. The van der Waals surface area contributed by atoms with Crippen LogP contribution >= 0.6 is 11.6 Å². The van der Waals surface area contributed by atoms with Crippen molar-refractivity contribution in [1.29, 1.82) is 0 Å². The molecule has 1 aliphatic heterocycles. The molecule has 1 aliphatic rings. The van der Waals surface area contributed by atoms with Crippen LogP contribution in [0.4, 0.5) is 10.5 Å². The number of anilines is 1. The summed E-state index contributed by atoms with van der Waals surface area (Å²) in [6.45, 7) is 0. The van der Waals surface area contributed by atoms with E-state index in [1.54, 1.807) is 24.3 Å². The Labute approximate surface area is 194 Å². The number of carbonyl (C=O) groups is 1. The van der Waals surface area contributed by atoms with Crippen LogP contribution in [0.15, 0.2) is 82.3 Å². The second kappa shape index (κ2) is 8.52. The summed E-state index contributed by atoms with van der Waals surface area (Å²) in [4.78, 5) is 13.2. The third kappa shape index (κ3) is 4.10. The Morgan fingerprint density at radius 1 is 1.15 bits per heavy atom. The first-order valence-electron chi connectivity index (χ1n) is 10.3. The lowest BCUT2D eigenvalue weighted by Gasteiger charge is -2.22. The number of phenolic OH excluding ortho intramolecular Hbond substituents is 1. The molecule has 0 fully saturated rings. The number of urea groups is 1. The molecule has 3 aromatic carbocycles. The number of furan rings is 1. The molecule has 0 radical (unpaired) electrons. The lowest BCUT2D eigenvalue weighted by molar-refractivity contribution is 0.200. The number of rotatable bonds is 4. The molecule has 0 bridgehead atoms. The van der Waals surface area contributed by atoms with Crippen molar-refractivity contribution in [2.75, 3.05) is 12.4 Å². The van der Waals surface area contributed by atoms with Crippen LogP contribution < -0.4 is 10.1 Å². The van der Waals surface area contributed by atoms with E-state index in [1.165, 1.54) is 18.2 Å². The number of halogens is 1. The third-order valence-electron chi connectivity index (χ3n) is 5.51. The van der Waals surface area contributed by atoms with Crippen molar-refractivity contribution in [3.63, 3.8) is 0 Å². The minimum atomic E-state index is -0.422. The molecular weight excluding hydrogens is 442 g/mol. The summed E-state index contributed by atoms with van der Waals surface area (Å²) in [5, 5.41) is 20.3. The Morgan fingerprint density at radius 3 is 2.70 bits per heavy atom. The number of fused-ring (bicyclic) bond motifs is 1. The summed E-state index contributed by atoms with van der Waals surface area (Å²) in [6, 6.07) is 20.8. The van der Waals surface area contributed by atoms with Crippen molar-refractivity contribution >= 4 is 40.0 Å². The quantitative estimate of drug-likeness (QED) is 0.355. The maximum Gasteiger partial charge on any atom is 0.342 e. The number of ether oxygens (including phenoxy) is 1. The predicted molar refractivity (Wildman–Crippen MR) is 127 cm³/mol. The van der Waals surface area contributed by atoms with Crippen LogP contribution in [0.2, 0.25) is 5.02 Å². The van der Waals surface area contributed by atoms with Crippen molar-refractivity contribution in [1.82, 2.24) is 5.01 Å². The van der Waals surface area contributed by atoms with Gasteiger partial charge in [-0.15, -0.1) is 0 Å². The maximum absolute atomic E-state index is 13.2. The van der Waals surface area contributed by atoms with Crippen LogP contribution in [0.5, 0.6) is 11.5 Å². The van der Waals surface area contributed by atoms with Gasteiger partial charge < -0.3 is 19.6 Å². The van der Waals surface area contributed by atoms with E-state index in [0.717, 1.165) is 16.5 Å². The highest BCUT2D eigenvalue weighted by atomic mass is 35.5. The minimum absolute atomic E-state index is 0.0131. The second-order valence-electron chi connectivity index (χ2n) is 7.63. The zero-order valence-electron chi connectivity index (χ0n) is 17.7. The van der Waals surface area contributed by atoms with Gasteiger partial charge in [-0.2, -0.15) is 5.10 Å². The number of aromatic hydroxyl groups is 1. The predicted octanol–water partition coefficient (Wildman–Crippen LogP) is 6.18. The number of carbonyl (C=O) groups excluding carboxylic acids is 1. The van der Waals surface area contributed by atoms with Crippen LogP contribution in [-0.4, -0.2) is 29.0 Å². The molecule has 2 amide bonds. The van der Waals surface area contributed by atoms with E-state index in [-0.39, 0.29) is 17.5 Å². The molecule has 4 aromatic rings. The van der Waals surface area contributed by atoms with Crippen LogP contribution in [0, 0.1) is 0 Å². The van der Waals surface area contributed by atoms with Gasteiger partial charge in [-0.1, -0.05) is 41.9 Å². The monoisotopic (exact) mass is 461 g/mol. The Kier molecular flexibility index (Phi) is 5.40. The van der Waals surface area contributed by atoms with E-state index in [2.05, 4.69) is 10.4 Å². The summed E-state index contributed by atoms with van der Waals surface area (Å²) in [6.07, 6.45) is 0.480. The number of amides is 2. The topological polar surface area (TPSA) is 87.3 Å². The molecule has 1 unspecified atom stereocenters. The molecule has 2 heterocycles. The number of hydrogen-bond donors (Lipinski definition) is 2. The highest BCUT2D eigenvalue weighted by molar-refractivity contribution is 6.30. The van der Waals surface area contributed by atoms with E-state index in [4.69, 9.17) is 20.8 Å². The Balaban J connectivity index is 1.48. The van der Waals surface area contributed by atoms with Gasteiger partial charge in [-0.3, -0.25) is 0 Å². The van der Waals surface area contributed by atoms with Gasteiger partial charge in [0.2, 0.25) is 0 Å². The number of benzene rings is 3. The SMILES string of the molecule is COc1cc(NC(=O)N2N=C(c3cc4ccccc4o3)CC2c2ccc(Cl)cc2)ccc1O. The molecule has 0 saturated heterocycles. The normalized spacial score (nSPS) is 15.5. The molecule has 2 N–H and O–H groups in total. The molecule has 8 heteroatoms. The van der Waals surface area contributed by atoms with E-state index in [9.17, 15) is 9.90 Å². The van der Waals surface area contributed by atoms with Gasteiger partial charge in [-0.25, -0.2) is 9.80 Å². The Bertz CT molecular complexity index is 1330. The molecule has 7 nitrogen and oxygen atoms in total. The van der Waals surface area contributed by atoms with Crippen molar-refractivity contribution in [2.24, 2.45) is 5.10 Å². The molecule has 0 spiro atoms. The van der Waals surface area contributed by atoms with Crippen LogP contribution in [0.25, 0.3) is 11.0 Å². The van der Waals surface area contributed by atoms with Crippen molar-refractivity contribution in [3.05, 3.63) is 89.1 Å². The number of para-hydroxylation sites is 1. The number of hydrogen-bond acceptors (Lipinski definition) is 5. The molecule has 0 saturated carbocycles. The van der Waals surface area contributed by atoms with Gasteiger partial charge in [0.1, 0.15) is 11.3 Å². The first kappa shape index (κ1) is 20.9. The van der Waals surface area contributed by atoms with Gasteiger partial charge >= 0.3 is 6.03 Å². The standard InChI is InChI=1S/C25H20ClN3O4/c1-32-24-13-18(10-11-21(24)30)27-25(31)29-20(15-6-8-17(26)9-7-15)14-19(28-29)23-12-16-4-2-3-5-22(16)33-23/h2-13,20,30H,14H2,1H3,(H,27,31). The fourth-order valence-corrected chi connectivity index (χ4v) is 3.98. The highest BCUT2D eigenvalue weighted by Gasteiger charge is 2.34. The minimum Gasteiger partial charge on any atom is -0.504 e. The molecule has 1 aromatic heterocycles. The average molecular weight is 462 g/mol. The van der Waals surface area contributed by atoms with E-state index < -0.39 is 6.03 Å². The number of nitrogens with one attached hydrogen (secondary N) is 1. The average Bonchev–Trinajstić information content (AvgIpc) is 3.45. The summed E-state index contributed by atoms with van der Waals surface area (Å²) in [5.41, 5.74) is 2.80. The Hall–Kier alpha value is -3.97. The lowest BCUT2D eigenvalue weighted by atomic mass is 10.0. The van der Waals surface area contributed by atoms with E-state index in [0.29, 0.717) is 28.6 Å². The first-order valence-corrected chi connectivity index (χ1v) is 10.7. The first-order chi connectivity index (χ1) is 16.0. The number of nitrogens with zero attached hydrogens (tertiary/aromatic N) is 2. The number of methoxy groups -OCH3 is 1. The van der Waals surface area contributed by atoms with E-state index in [1.807, 2.05) is 42.5 Å².